The Morgan fingerprint density at radius 3 is 2.62 bits per heavy atom. The minimum atomic E-state index is -3.66. The van der Waals surface area contributed by atoms with Gasteiger partial charge < -0.3 is 0 Å². The molecule has 0 fully saturated rings. The average Bonchev–Trinajstić information content (AvgIpc) is 2.47. The maximum atomic E-state index is 12.3. The first-order valence-corrected chi connectivity index (χ1v) is 7.82. The highest BCUT2D eigenvalue weighted by atomic mass is 32.2. The third kappa shape index (κ3) is 3.66. The standard InChI is InChI=1S/C15H15N3O2S/c1-11-3-5-13(8-16)7-15(11)21(19,20)18-10-14-6-4-12(2)17-9-14/h3-7,9,18H,10H2,1-2H3. The maximum Gasteiger partial charge on any atom is 0.241 e. The Kier molecular flexibility index (Phi) is 4.36. The number of nitrogens with one attached hydrogen (secondary N) is 1. The first-order valence-electron chi connectivity index (χ1n) is 6.34. The van der Waals surface area contributed by atoms with Crippen molar-refractivity contribution in [1.29, 1.82) is 5.26 Å². The summed E-state index contributed by atoms with van der Waals surface area (Å²) >= 11 is 0. The van der Waals surface area contributed by atoms with Crippen molar-refractivity contribution in [3.05, 3.63) is 58.9 Å². The van der Waals surface area contributed by atoms with Gasteiger partial charge in [-0.1, -0.05) is 12.1 Å². The fraction of sp³-hybridized carbons (Fsp3) is 0.200. The second-order valence-electron chi connectivity index (χ2n) is 4.72. The normalized spacial score (nSPS) is 11.1. The van der Waals surface area contributed by atoms with E-state index in [1.165, 1.54) is 6.07 Å². The number of rotatable bonds is 4. The zero-order valence-electron chi connectivity index (χ0n) is 11.8. The van der Waals surface area contributed by atoms with E-state index in [-0.39, 0.29) is 11.4 Å². The molecule has 0 atom stereocenters. The van der Waals surface area contributed by atoms with Crippen molar-refractivity contribution in [2.75, 3.05) is 0 Å². The van der Waals surface area contributed by atoms with Crippen LogP contribution in [0.2, 0.25) is 0 Å². The van der Waals surface area contributed by atoms with Crippen LogP contribution in [0.25, 0.3) is 0 Å². The molecular formula is C15H15N3O2S. The van der Waals surface area contributed by atoms with Crippen molar-refractivity contribution < 1.29 is 8.42 Å². The van der Waals surface area contributed by atoms with Crippen LogP contribution in [0.1, 0.15) is 22.4 Å². The Balaban J connectivity index is 2.23. The number of hydrogen-bond acceptors (Lipinski definition) is 4. The summed E-state index contributed by atoms with van der Waals surface area (Å²) in [6, 6.07) is 10.2. The van der Waals surface area contributed by atoms with Crippen molar-refractivity contribution in [2.45, 2.75) is 25.3 Å². The monoisotopic (exact) mass is 301 g/mol. The summed E-state index contributed by atoms with van der Waals surface area (Å²) in [5.41, 5.74) is 2.57. The molecule has 0 aliphatic rings. The first kappa shape index (κ1) is 15.2. The molecule has 5 nitrogen and oxygen atoms in total. The summed E-state index contributed by atoms with van der Waals surface area (Å²) in [5, 5.41) is 8.88. The molecule has 0 aliphatic heterocycles. The van der Waals surface area contributed by atoms with Gasteiger partial charge in [0.2, 0.25) is 10.0 Å². The Morgan fingerprint density at radius 1 is 1.24 bits per heavy atom. The minimum Gasteiger partial charge on any atom is -0.261 e. The van der Waals surface area contributed by atoms with Crippen molar-refractivity contribution in [1.82, 2.24) is 9.71 Å². The maximum absolute atomic E-state index is 12.3. The molecule has 21 heavy (non-hydrogen) atoms. The van der Waals surface area contributed by atoms with Gasteiger partial charge in [0.15, 0.2) is 0 Å². The first-order chi connectivity index (χ1) is 9.92. The third-order valence-electron chi connectivity index (χ3n) is 3.05. The molecule has 1 N–H and O–H groups in total. The van der Waals surface area contributed by atoms with Crippen LogP contribution in [0.4, 0.5) is 0 Å². The van der Waals surface area contributed by atoms with Crippen LogP contribution in [0, 0.1) is 25.2 Å². The number of nitrogens with zero attached hydrogens (tertiary/aromatic N) is 2. The molecule has 108 valence electrons. The van der Waals surface area contributed by atoms with Gasteiger partial charge in [-0.05, 0) is 43.2 Å². The summed E-state index contributed by atoms with van der Waals surface area (Å²) in [6.07, 6.45) is 1.64. The van der Waals surface area contributed by atoms with Gasteiger partial charge in [0.1, 0.15) is 0 Å². The van der Waals surface area contributed by atoms with Gasteiger partial charge >= 0.3 is 0 Å². The number of aryl methyl sites for hydroxylation is 2. The van der Waals surface area contributed by atoms with E-state index in [0.717, 1.165) is 11.3 Å². The topological polar surface area (TPSA) is 82.9 Å². The number of nitriles is 1. The molecule has 2 rings (SSSR count). The third-order valence-corrected chi connectivity index (χ3v) is 4.59. The van der Waals surface area contributed by atoms with Crippen LogP contribution in [-0.4, -0.2) is 13.4 Å². The highest BCUT2D eigenvalue weighted by Crippen LogP contribution is 2.17. The largest absolute Gasteiger partial charge is 0.261 e. The Morgan fingerprint density at radius 2 is 2.00 bits per heavy atom. The van der Waals surface area contributed by atoms with E-state index >= 15 is 0 Å². The molecule has 1 aromatic heterocycles. The fourth-order valence-corrected chi connectivity index (χ4v) is 3.10. The second kappa shape index (κ2) is 6.04. The SMILES string of the molecule is Cc1ccc(CNS(=O)(=O)c2cc(C#N)ccc2C)cn1. The van der Waals surface area contributed by atoms with E-state index in [9.17, 15) is 8.42 Å². The lowest BCUT2D eigenvalue weighted by molar-refractivity contribution is 0.580. The number of pyridine rings is 1. The van der Waals surface area contributed by atoms with E-state index in [1.807, 2.05) is 25.1 Å². The van der Waals surface area contributed by atoms with Crippen LogP contribution in [0.5, 0.6) is 0 Å². The van der Waals surface area contributed by atoms with Gasteiger partial charge in [0.05, 0.1) is 16.5 Å². The molecule has 1 aromatic carbocycles. The molecule has 0 saturated carbocycles. The summed E-state index contributed by atoms with van der Waals surface area (Å²) in [6.45, 7) is 3.72. The molecular weight excluding hydrogens is 286 g/mol. The Bertz CT molecular complexity index is 791. The van der Waals surface area contributed by atoms with Gasteiger partial charge in [-0.2, -0.15) is 5.26 Å². The molecule has 0 spiro atoms. The molecule has 0 saturated heterocycles. The number of hydrogen-bond donors (Lipinski definition) is 1. The van der Waals surface area contributed by atoms with Crippen molar-refractivity contribution in [2.24, 2.45) is 0 Å². The van der Waals surface area contributed by atoms with E-state index < -0.39 is 10.0 Å². The number of benzene rings is 1. The van der Waals surface area contributed by atoms with Gasteiger partial charge in [-0.15, -0.1) is 0 Å². The highest BCUT2D eigenvalue weighted by Gasteiger charge is 2.17. The quantitative estimate of drug-likeness (QED) is 0.937. The lowest BCUT2D eigenvalue weighted by atomic mass is 10.2. The zero-order chi connectivity index (χ0) is 15.5. The van der Waals surface area contributed by atoms with E-state index in [0.29, 0.717) is 11.1 Å². The Hall–Kier alpha value is -2.23. The molecule has 0 radical (unpaired) electrons. The lowest BCUT2D eigenvalue weighted by Gasteiger charge is -2.09. The molecule has 0 unspecified atom stereocenters. The number of aromatic nitrogens is 1. The van der Waals surface area contributed by atoms with Crippen LogP contribution in [0.15, 0.2) is 41.4 Å². The van der Waals surface area contributed by atoms with Crippen LogP contribution in [0.3, 0.4) is 0 Å². The number of sulfonamides is 1. The van der Waals surface area contributed by atoms with Crippen LogP contribution < -0.4 is 4.72 Å². The molecule has 0 amide bonds. The summed E-state index contributed by atoms with van der Waals surface area (Å²) in [7, 11) is -3.66. The molecule has 6 heteroatoms. The van der Waals surface area contributed by atoms with Crippen molar-refractivity contribution >= 4 is 10.0 Å². The van der Waals surface area contributed by atoms with Gasteiger partial charge in [0.25, 0.3) is 0 Å². The molecule has 1 heterocycles. The molecule has 2 aromatic rings. The smallest absolute Gasteiger partial charge is 0.241 e. The van der Waals surface area contributed by atoms with Crippen molar-refractivity contribution in [3.63, 3.8) is 0 Å². The summed E-state index contributed by atoms with van der Waals surface area (Å²) < 4.78 is 27.2. The van der Waals surface area contributed by atoms with Gasteiger partial charge in [-0.3, -0.25) is 4.98 Å². The van der Waals surface area contributed by atoms with E-state index in [1.54, 1.807) is 25.3 Å². The predicted molar refractivity (Wildman–Crippen MR) is 78.9 cm³/mol. The second-order valence-corrected chi connectivity index (χ2v) is 6.46. The van der Waals surface area contributed by atoms with Gasteiger partial charge in [-0.25, -0.2) is 13.1 Å². The summed E-state index contributed by atoms with van der Waals surface area (Å²) in [4.78, 5) is 4.25. The predicted octanol–water partition coefficient (Wildman–Crippen LogP) is 2.05. The van der Waals surface area contributed by atoms with Crippen molar-refractivity contribution in [3.8, 4) is 6.07 Å². The summed E-state index contributed by atoms with van der Waals surface area (Å²) in [5.74, 6) is 0. The average molecular weight is 301 g/mol. The van der Waals surface area contributed by atoms with Gasteiger partial charge in [0, 0.05) is 18.4 Å². The lowest BCUT2D eigenvalue weighted by Crippen LogP contribution is -2.24. The van der Waals surface area contributed by atoms with E-state index in [4.69, 9.17) is 5.26 Å². The molecule has 0 bridgehead atoms. The molecule has 0 aliphatic carbocycles. The minimum absolute atomic E-state index is 0.127. The van der Waals surface area contributed by atoms with E-state index in [2.05, 4.69) is 9.71 Å². The van der Waals surface area contributed by atoms with Crippen LogP contribution >= 0.6 is 0 Å². The highest BCUT2D eigenvalue weighted by molar-refractivity contribution is 7.89. The fourth-order valence-electron chi connectivity index (χ4n) is 1.82. The zero-order valence-corrected chi connectivity index (χ0v) is 12.6. The van der Waals surface area contributed by atoms with Crippen LogP contribution in [-0.2, 0) is 16.6 Å². The Labute approximate surface area is 124 Å².